The molecule has 10 heteroatoms. The van der Waals surface area contributed by atoms with Crippen LogP contribution in [0.4, 0.5) is 11.4 Å². The predicted molar refractivity (Wildman–Crippen MR) is 187 cm³/mol. The minimum Gasteiger partial charge on any atom is -0.481 e. The number of nitrogens with one attached hydrogen (secondary N) is 1. The molecule has 0 radical (unpaired) electrons. The lowest BCUT2D eigenvalue weighted by Gasteiger charge is -2.28. The molecule has 0 bridgehead atoms. The zero-order valence-electron chi connectivity index (χ0n) is 28.4. The molecule has 1 unspecified atom stereocenters. The second kappa shape index (κ2) is 22.5. The van der Waals surface area contributed by atoms with Crippen LogP contribution in [0, 0.1) is 11.8 Å². The van der Waals surface area contributed by atoms with E-state index in [0.29, 0.717) is 30.6 Å². The van der Waals surface area contributed by atoms with Crippen LogP contribution in [0.3, 0.4) is 0 Å². The van der Waals surface area contributed by atoms with E-state index in [1.807, 2.05) is 54.4 Å². The van der Waals surface area contributed by atoms with Gasteiger partial charge in [-0.15, -0.1) is 0 Å². The Balaban J connectivity index is 1.97. The number of carbonyl (C=O) groups excluding carboxylic acids is 1. The number of carboxylic acids is 3. The number of anilines is 2. The maximum Gasteiger partial charge on any atom is 0.321 e. The summed E-state index contributed by atoms with van der Waals surface area (Å²) in [6.45, 7) is 2.16. The topological polar surface area (TPSA) is 164 Å². The van der Waals surface area contributed by atoms with E-state index in [-0.39, 0.29) is 6.42 Å². The van der Waals surface area contributed by atoms with Gasteiger partial charge in [0.25, 0.3) is 0 Å². The highest BCUT2D eigenvalue weighted by Gasteiger charge is 2.35. The minimum absolute atomic E-state index is 0.0101. The Kier molecular flexibility index (Phi) is 18.8. The van der Waals surface area contributed by atoms with E-state index in [9.17, 15) is 39.6 Å². The summed E-state index contributed by atoms with van der Waals surface area (Å²) < 4.78 is 0. The Morgan fingerprint density at radius 3 is 1.92 bits per heavy atom. The highest BCUT2D eigenvalue weighted by Crippen LogP contribution is 2.25. The minimum atomic E-state index is -1.63. The van der Waals surface area contributed by atoms with Crippen molar-refractivity contribution in [3.05, 3.63) is 72.3 Å². The van der Waals surface area contributed by atoms with Crippen LogP contribution in [-0.2, 0) is 25.6 Å². The van der Waals surface area contributed by atoms with Crippen molar-refractivity contribution in [3.8, 4) is 0 Å². The van der Waals surface area contributed by atoms with E-state index in [1.54, 1.807) is 18.2 Å². The summed E-state index contributed by atoms with van der Waals surface area (Å²) in [5.41, 5.74) is 2.57. The van der Waals surface area contributed by atoms with Gasteiger partial charge in [0.2, 0.25) is 0 Å². The standard InChI is InChI=1S/C38H54N2O8/c1-3-4-5-8-14-19-31(41)20-15-9-6-7-10-16-21-32(33(37(45)46)27-35(42)43)36(44)39-34(38(47)48)26-28-22-24-30(25-23-28)40(2)29-17-12-11-13-18-29/h11-13,16-18,21-25,32-34,36,39,44H,3-10,14-15,19-20,26-27H2,1-2H3,(H,42,43)(H,45,46)(H,47,48)/b21-16+/t32-,33+,34-,36?/m0/s1. The van der Waals surface area contributed by atoms with Gasteiger partial charge < -0.3 is 25.3 Å². The van der Waals surface area contributed by atoms with Crippen molar-refractivity contribution in [3.63, 3.8) is 0 Å². The molecule has 10 nitrogen and oxygen atoms in total. The number of Topliss-reactive ketones (excluding diaryl/α,β-unsaturated/α-hetero) is 1. The van der Waals surface area contributed by atoms with E-state index in [4.69, 9.17) is 0 Å². The summed E-state index contributed by atoms with van der Waals surface area (Å²) >= 11 is 0. The molecular weight excluding hydrogens is 612 g/mol. The van der Waals surface area contributed by atoms with Crippen LogP contribution in [0.1, 0.15) is 96.0 Å². The summed E-state index contributed by atoms with van der Waals surface area (Å²) in [5.74, 6) is -6.32. The van der Waals surface area contributed by atoms with Gasteiger partial charge in [0, 0.05) is 37.2 Å². The molecule has 2 rings (SSSR count). The molecule has 0 saturated heterocycles. The smallest absolute Gasteiger partial charge is 0.321 e. The van der Waals surface area contributed by atoms with E-state index in [2.05, 4.69) is 12.2 Å². The van der Waals surface area contributed by atoms with Gasteiger partial charge in [-0.05, 0) is 61.9 Å². The lowest BCUT2D eigenvalue weighted by Crippen LogP contribution is -2.50. The third-order valence-electron chi connectivity index (χ3n) is 8.61. The number of aliphatic carboxylic acids is 3. The number of nitrogens with zero attached hydrogens (tertiary/aromatic N) is 1. The van der Waals surface area contributed by atoms with Gasteiger partial charge in [-0.2, -0.15) is 0 Å². The second-order valence-corrected chi connectivity index (χ2v) is 12.5. The molecule has 0 aromatic heterocycles. The molecule has 264 valence electrons. The highest BCUT2D eigenvalue weighted by atomic mass is 16.4. The first-order valence-corrected chi connectivity index (χ1v) is 17.2. The number of ketones is 1. The molecule has 2 aromatic rings. The molecular formula is C38H54N2O8. The lowest BCUT2D eigenvalue weighted by molar-refractivity contribution is -0.152. The van der Waals surface area contributed by atoms with Crippen LogP contribution in [-0.4, -0.2) is 63.4 Å². The zero-order chi connectivity index (χ0) is 35.3. The summed E-state index contributed by atoms with van der Waals surface area (Å²) in [5, 5.41) is 42.9. The number of benzene rings is 2. The summed E-state index contributed by atoms with van der Waals surface area (Å²) in [4.78, 5) is 49.8. The van der Waals surface area contributed by atoms with Gasteiger partial charge in [0.1, 0.15) is 18.1 Å². The highest BCUT2D eigenvalue weighted by molar-refractivity contribution is 5.79. The van der Waals surface area contributed by atoms with Gasteiger partial charge in [0.15, 0.2) is 0 Å². The maximum absolute atomic E-state index is 12.2. The fourth-order valence-corrected chi connectivity index (χ4v) is 5.70. The maximum atomic E-state index is 12.2. The molecule has 0 fully saturated rings. The average Bonchev–Trinajstić information content (AvgIpc) is 3.06. The molecule has 0 saturated carbocycles. The molecule has 0 aliphatic rings. The number of carboxylic acid groups (broad SMARTS) is 3. The largest absolute Gasteiger partial charge is 0.481 e. The van der Waals surface area contributed by atoms with Crippen molar-refractivity contribution in [2.45, 2.75) is 109 Å². The first-order valence-electron chi connectivity index (χ1n) is 17.2. The van der Waals surface area contributed by atoms with Crippen molar-refractivity contribution < 1.29 is 39.6 Å². The first-order chi connectivity index (χ1) is 23.0. The number of para-hydroxylation sites is 1. The van der Waals surface area contributed by atoms with Crippen molar-refractivity contribution in [1.82, 2.24) is 5.32 Å². The van der Waals surface area contributed by atoms with Crippen molar-refractivity contribution >= 4 is 35.1 Å². The molecule has 0 aliphatic heterocycles. The summed E-state index contributed by atoms with van der Waals surface area (Å²) in [6.07, 6.45) is 11.6. The predicted octanol–water partition coefficient (Wildman–Crippen LogP) is 6.98. The lowest BCUT2D eigenvalue weighted by atomic mass is 9.86. The van der Waals surface area contributed by atoms with Gasteiger partial charge in [0.05, 0.1) is 12.3 Å². The molecule has 48 heavy (non-hydrogen) atoms. The first kappa shape index (κ1) is 40.2. The van der Waals surface area contributed by atoms with E-state index in [0.717, 1.165) is 49.9 Å². The van der Waals surface area contributed by atoms with Gasteiger partial charge in [-0.3, -0.25) is 24.5 Å². The Hall–Kier alpha value is -4.02. The normalized spacial score (nSPS) is 13.9. The van der Waals surface area contributed by atoms with E-state index < -0.39 is 48.4 Å². The molecule has 4 atom stereocenters. The zero-order valence-corrected chi connectivity index (χ0v) is 28.4. The van der Waals surface area contributed by atoms with Crippen LogP contribution in [0.25, 0.3) is 0 Å². The Bertz CT molecular complexity index is 1280. The molecule has 0 heterocycles. The number of aliphatic hydroxyl groups excluding tert-OH is 1. The van der Waals surface area contributed by atoms with Gasteiger partial charge in [-0.1, -0.05) is 87.9 Å². The van der Waals surface area contributed by atoms with Crippen molar-refractivity contribution in [1.29, 1.82) is 0 Å². The van der Waals surface area contributed by atoms with Gasteiger partial charge in [-0.25, -0.2) is 0 Å². The monoisotopic (exact) mass is 666 g/mol. The average molecular weight is 667 g/mol. The number of carbonyl (C=O) groups is 4. The van der Waals surface area contributed by atoms with Crippen LogP contribution in [0.2, 0.25) is 0 Å². The molecule has 2 aromatic carbocycles. The SMILES string of the molecule is CCCCCCCC(=O)CCCCCC/C=C/[C@H](C(O)N[C@@H](Cc1ccc(N(C)c2ccccc2)cc1)C(=O)O)[C@@H](CC(=O)O)C(=O)O. The van der Waals surface area contributed by atoms with Crippen LogP contribution in [0.15, 0.2) is 66.7 Å². The quantitative estimate of drug-likeness (QED) is 0.0402. The third-order valence-corrected chi connectivity index (χ3v) is 8.61. The Morgan fingerprint density at radius 1 is 0.771 bits per heavy atom. The van der Waals surface area contributed by atoms with Crippen molar-refractivity contribution in [2.24, 2.45) is 11.8 Å². The Labute approximate surface area is 284 Å². The number of allylic oxidation sites excluding steroid dienone is 1. The summed E-state index contributed by atoms with van der Waals surface area (Å²) in [7, 11) is 1.92. The number of hydrogen-bond acceptors (Lipinski definition) is 7. The van der Waals surface area contributed by atoms with Crippen LogP contribution in [0.5, 0.6) is 0 Å². The number of hydrogen-bond donors (Lipinski definition) is 5. The van der Waals surface area contributed by atoms with Crippen molar-refractivity contribution in [2.75, 3.05) is 11.9 Å². The Morgan fingerprint density at radius 2 is 1.35 bits per heavy atom. The fraction of sp³-hybridized carbons (Fsp3) is 0.526. The third kappa shape index (κ3) is 15.3. The van der Waals surface area contributed by atoms with Crippen LogP contribution >= 0.6 is 0 Å². The number of rotatable bonds is 26. The van der Waals surface area contributed by atoms with Crippen LogP contribution < -0.4 is 10.2 Å². The molecule has 0 aliphatic carbocycles. The number of unbranched alkanes of at least 4 members (excludes halogenated alkanes) is 8. The molecule has 0 spiro atoms. The van der Waals surface area contributed by atoms with E-state index in [1.165, 1.54) is 25.3 Å². The van der Waals surface area contributed by atoms with E-state index >= 15 is 0 Å². The summed E-state index contributed by atoms with van der Waals surface area (Å²) in [6, 6.07) is 15.8. The van der Waals surface area contributed by atoms with Gasteiger partial charge >= 0.3 is 17.9 Å². The number of aliphatic hydroxyl groups is 1. The molecule has 0 amide bonds. The molecule has 5 N–H and O–H groups in total. The fourth-order valence-electron chi connectivity index (χ4n) is 5.70. The second-order valence-electron chi connectivity index (χ2n) is 12.5.